The topological polar surface area (TPSA) is 160 Å². The van der Waals surface area contributed by atoms with E-state index in [0.717, 1.165) is 0 Å². The van der Waals surface area contributed by atoms with Gasteiger partial charge in [0.05, 0.1) is 12.7 Å². The Bertz CT molecular complexity index is 1020. The quantitative estimate of drug-likeness (QED) is 0.358. The van der Waals surface area contributed by atoms with Gasteiger partial charge in [-0.1, -0.05) is 13.3 Å². The van der Waals surface area contributed by atoms with Gasteiger partial charge >= 0.3 is 37.0 Å². The van der Waals surface area contributed by atoms with Gasteiger partial charge < -0.3 is 33.1 Å². The normalized spacial score (nSPS) is 20.7. The number of carbonyl (C=O) groups is 5. The summed E-state index contributed by atoms with van der Waals surface area (Å²) in [6, 6.07) is 0. The first-order valence-corrected chi connectivity index (χ1v) is 9.69. The summed E-state index contributed by atoms with van der Waals surface area (Å²) in [5.41, 5.74) is 0. The Morgan fingerprint density at radius 3 is 2.03 bits per heavy atom. The minimum Gasteiger partial charge on any atom is -0.607 e. The highest BCUT2D eigenvalue weighted by Gasteiger charge is 2.70. The molecule has 0 aliphatic carbocycles. The van der Waals surface area contributed by atoms with Gasteiger partial charge in [-0.05, 0) is 6.92 Å². The lowest BCUT2D eigenvalue weighted by molar-refractivity contribution is -0.140. The zero-order chi connectivity index (χ0) is 23.1. The van der Waals surface area contributed by atoms with Crippen LogP contribution in [0.1, 0.15) is 38.9 Å². The Balaban J connectivity index is 0.000000180. The van der Waals surface area contributed by atoms with Crippen LogP contribution in [-0.4, -0.2) is 54.3 Å². The smallest absolute Gasteiger partial charge is 0.607 e. The first-order valence-electron chi connectivity index (χ1n) is 9.69. The number of amides is 1. The number of hydrogen-bond acceptors (Lipinski definition) is 11. The van der Waals surface area contributed by atoms with Crippen molar-refractivity contribution in [3.63, 3.8) is 0 Å². The Morgan fingerprint density at radius 1 is 1.03 bits per heavy atom. The van der Waals surface area contributed by atoms with Gasteiger partial charge in [0.15, 0.2) is 5.79 Å². The fourth-order valence-electron chi connectivity index (χ4n) is 4.08. The summed E-state index contributed by atoms with van der Waals surface area (Å²) in [5.74, 6) is 1.40. The zero-order valence-electron chi connectivity index (χ0n) is 16.9. The molecular weight excluding hydrogens is 438 g/mol. The molecular formula is C19H20B2N2O10. The van der Waals surface area contributed by atoms with Crippen LogP contribution in [-0.2, 0) is 37.8 Å². The van der Waals surface area contributed by atoms with Crippen molar-refractivity contribution in [3.05, 3.63) is 23.6 Å². The maximum atomic E-state index is 11.7. The van der Waals surface area contributed by atoms with Crippen LogP contribution in [0.5, 0.6) is 0 Å². The predicted molar refractivity (Wildman–Crippen MR) is 111 cm³/mol. The highest BCUT2D eigenvalue weighted by molar-refractivity contribution is 7.04. The van der Waals surface area contributed by atoms with Crippen LogP contribution in [0, 0.1) is 30.9 Å². The first kappa shape index (κ1) is 23.6. The number of oxazole rings is 1. The largest absolute Gasteiger partial charge is 0.642 e. The van der Waals surface area contributed by atoms with Crippen LogP contribution in [0.3, 0.4) is 0 Å². The molecule has 4 fully saturated rings. The van der Waals surface area contributed by atoms with Gasteiger partial charge in [0.25, 0.3) is 0 Å². The van der Waals surface area contributed by atoms with Gasteiger partial charge in [0.1, 0.15) is 31.4 Å². The molecule has 0 spiro atoms. The molecule has 172 valence electrons. The van der Waals surface area contributed by atoms with Crippen molar-refractivity contribution in [3.8, 4) is 12.3 Å². The third kappa shape index (κ3) is 3.97. The fourth-order valence-corrected chi connectivity index (χ4v) is 4.08. The molecule has 1 aromatic heterocycles. The van der Waals surface area contributed by atoms with E-state index in [1.807, 2.05) is 0 Å². The number of terminal acetylenes is 1. The first-order chi connectivity index (χ1) is 15.2. The van der Waals surface area contributed by atoms with Crippen LogP contribution < -0.4 is 11.1 Å². The van der Waals surface area contributed by atoms with E-state index in [9.17, 15) is 24.0 Å². The van der Waals surface area contributed by atoms with Gasteiger partial charge in [0, 0.05) is 11.6 Å². The SMILES string of the molecule is C.C#CCNC(=O)[B-]12OC(=O)C[C+]1CC(=O)O2.Cc1cnc([B-]23OC(=O)C[C+]2CC(=O)O3)o1. The molecule has 12 nitrogen and oxygen atoms in total. The molecule has 1 amide bonds. The maximum Gasteiger partial charge on any atom is 0.642 e. The molecule has 0 aromatic carbocycles. The third-order valence-electron chi connectivity index (χ3n) is 5.42. The van der Waals surface area contributed by atoms with Crippen LogP contribution >= 0.6 is 0 Å². The Morgan fingerprint density at radius 2 is 1.55 bits per heavy atom. The van der Waals surface area contributed by atoms with Gasteiger partial charge in [-0.25, -0.2) is 4.98 Å². The van der Waals surface area contributed by atoms with E-state index in [0.29, 0.717) is 17.4 Å². The number of nitrogens with zero attached hydrogens (tertiary/aromatic N) is 1. The molecule has 0 atom stereocenters. The van der Waals surface area contributed by atoms with Crippen LogP contribution in [0.2, 0.25) is 0 Å². The minimum atomic E-state index is -2.60. The molecule has 5 heterocycles. The standard InChI is InChI=1S/2C9H8BNO5.CH4/c1-5-4-11-9(14-5)10-6(2-7(12)15-10)3-8(13)16-10;1-2-3-11-9(14)10-6(4-7(12)15-10)5-8(13)16-10;/h4H,2-3H2,1H3;1H,3-5H2,(H,11,14);1H4. The summed E-state index contributed by atoms with van der Waals surface area (Å²) in [7, 11) is 0. The van der Waals surface area contributed by atoms with Gasteiger partial charge in [-0.2, -0.15) is 0 Å². The van der Waals surface area contributed by atoms with Gasteiger partial charge in [-0.3, -0.25) is 19.2 Å². The second-order valence-corrected chi connectivity index (χ2v) is 7.64. The molecule has 0 bridgehead atoms. The highest BCUT2D eigenvalue weighted by atomic mass is 16.7. The summed E-state index contributed by atoms with van der Waals surface area (Å²) in [4.78, 5) is 60.5. The number of fused-ring (bicyclic) bond motifs is 2. The monoisotopic (exact) mass is 458 g/mol. The number of hydrogen-bond donors (Lipinski definition) is 1. The van der Waals surface area contributed by atoms with E-state index in [1.54, 1.807) is 6.92 Å². The Kier molecular flexibility index (Phi) is 6.09. The molecule has 0 unspecified atom stereocenters. The van der Waals surface area contributed by atoms with E-state index in [1.165, 1.54) is 6.20 Å². The lowest BCUT2D eigenvalue weighted by Gasteiger charge is -2.22. The Labute approximate surface area is 189 Å². The lowest BCUT2D eigenvalue weighted by Crippen LogP contribution is -2.54. The van der Waals surface area contributed by atoms with E-state index in [-0.39, 0.29) is 45.4 Å². The summed E-state index contributed by atoms with van der Waals surface area (Å²) in [6.07, 6.45) is 6.60. The fraction of sp³-hybridized carbons (Fsp3) is 0.368. The summed E-state index contributed by atoms with van der Waals surface area (Å²) in [5, 5.41) is 2.36. The molecule has 4 saturated heterocycles. The van der Waals surface area contributed by atoms with Crippen LogP contribution in [0.15, 0.2) is 10.6 Å². The number of aromatic nitrogens is 1. The van der Waals surface area contributed by atoms with E-state index < -0.39 is 42.8 Å². The molecule has 1 aromatic rings. The van der Waals surface area contributed by atoms with Crippen molar-refractivity contribution >= 4 is 48.6 Å². The summed E-state index contributed by atoms with van der Waals surface area (Å²) >= 11 is 0. The second kappa shape index (κ2) is 8.50. The summed E-state index contributed by atoms with van der Waals surface area (Å²) < 4.78 is 25.3. The molecule has 14 heteroatoms. The van der Waals surface area contributed by atoms with Crippen LogP contribution in [0.4, 0.5) is 4.79 Å². The van der Waals surface area contributed by atoms with Gasteiger partial charge in [0.2, 0.25) is 5.81 Å². The molecule has 0 radical (unpaired) electrons. The van der Waals surface area contributed by atoms with E-state index >= 15 is 0 Å². The average molecular weight is 458 g/mol. The maximum absolute atomic E-state index is 11.7. The molecule has 33 heavy (non-hydrogen) atoms. The number of nitrogens with one attached hydrogen (secondary N) is 1. The molecule has 0 saturated carbocycles. The van der Waals surface area contributed by atoms with E-state index in [2.05, 4.69) is 16.2 Å². The summed E-state index contributed by atoms with van der Waals surface area (Å²) in [6.45, 7) is -3.13. The van der Waals surface area contributed by atoms with Crippen molar-refractivity contribution < 1.29 is 47.0 Å². The second-order valence-electron chi connectivity index (χ2n) is 7.64. The minimum absolute atomic E-state index is 0. The third-order valence-corrected chi connectivity index (χ3v) is 5.42. The highest BCUT2D eigenvalue weighted by Crippen LogP contribution is 2.41. The lowest BCUT2D eigenvalue weighted by atomic mass is 9.48. The number of aryl methyl sites for hydroxylation is 1. The predicted octanol–water partition coefficient (Wildman–Crippen LogP) is -0.364. The van der Waals surface area contributed by atoms with Crippen molar-refractivity contribution in [2.24, 2.45) is 0 Å². The number of rotatable bonds is 3. The molecule has 5 rings (SSSR count). The molecule has 4 aliphatic rings. The number of carbonyl (C=O) groups excluding carboxylic acids is 5. The van der Waals surface area contributed by atoms with Crippen molar-refractivity contribution in [1.82, 2.24) is 10.3 Å². The average Bonchev–Trinajstić information content (AvgIpc) is 3.46. The molecule has 1 N–H and O–H groups in total. The molecule has 4 aliphatic heterocycles. The van der Waals surface area contributed by atoms with Crippen molar-refractivity contribution in [1.29, 1.82) is 0 Å². The van der Waals surface area contributed by atoms with Gasteiger partial charge in [-0.15, -0.1) is 6.42 Å². The van der Waals surface area contributed by atoms with E-state index in [4.69, 9.17) is 29.5 Å². The van der Waals surface area contributed by atoms with Crippen molar-refractivity contribution in [2.45, 2.75) is 40.0 Å². The van der Waals surface area contributed by atoms with Crippen LogP contribution in [0.25, 0.3) is 0 Å². The zero-order valence-corrected chi connectivity index (χ0v) is 16.9. The Hall–Kier alpha value is -4.01. The van der Waals surface area contributed by atoms with Crippen molar-refractivity contribution in [2.75, 3.05) is 6.54 Å².